The Morgan fingerprint density at radius 2 is 1.50 bits per heavy atom. The third-order valence-corrected chi connectivity index (χ3v) is 3.65. The fourth-order valence-corrected chi connectivity index (χ4v) is 2.53. The molecule has 0 unspecified atom stereocenters. The number of benzene rings is 2. The molecule has 26 heavy (non-hydrogen) atoms. The highest BCUT2D eigenvalue weighted by Gasteiger charge is 2.10. The minimum atomic E-state index is -0.394. The zero-order valence-electron chi connectivity index (χ0n) is 14.5. The summed E-state index contributed by atoms with van der Waals surface area (Å²) < 4.78 is 1.72. The lowest BCUT2D eigenvalue weighted by molar-refractivity contribution is -0.114. The maximum absolute atomic E-state index is 12.2. The average Bonchev–Trinajstić information content (AvgIpc) is 2.97. The number of carbonyl (C=O) groups excluding carboxylic acids is 2. The van der Waals surface area contributed by atoms with Crippen molar-refractivity contribution in [3.05, 3.63) is 60.7 Å². The summed E-state index contributed by atoms with van der Waals surface area (Å²) in [4.78, 5) is 23.2. The van der Waals surface area contributed by atoms with Gasteiger partial charge >= 0.3 is 6.03 Å². The third kappa shape index (κ3) is 4.27. The fourth-order valence-electron chi connectivity index (χ4n) is 2.53. The van der Waals surface area contributed by atoms with Gasteiger partial charge in [0.1, 0.15) is 0 Å². The lowest BCUT2D eigenvalue weighted by Crippen LogP contribution is -2.19. The molecule has 1 aromatic heterocycles. The van der Waals surface area contributed by atoms with E-state index in [4.69, 9.17) is 0 Å². The van der Waals surface area contributed by atoms with E-state index in [2.05, 4.69) is 21.0 Å². The number of amides is 3. The lowest BCUT2D eigenvalue weighted by atomic mass is 10.1. The third-order valence-electron chi connectivity index (χ3n) is 3.65. The second-order valence-corrected chi connectivity index (χ2v) is 5.74. The predicted molar refractivity (Wildman–Crippen MR) is 102 cm³/mol. The molecule has 7 nitrogen and oxygen atoms in total. The van der Waals surface area contributed by atoms with Crippen LogP contribution >= 0.6 is 0 Å². The molecule has 0 aliphatic carbocycles. The van der Waals surface area contributed by atoms with Crippen LogP contribution in [0.1, 0.15) is 6.92 Å². The Hall–Kier alpha value is -3.61. The topological polar surface area (TPSA) is 88.0 Å². The van der Waals surface area contributed by atoms with Crippen LogP contribution in [0.15, 0.2) is 60.7 Å². The predicted octanol–water partition coefficient (Wildman–Crippen LogP) is 3.69. The first kappa shape index (κ1) is 17.2. The van der Waals surface area contributed by atoms with Crippen molar-refractivity contribution in [3.63, 3.8) is 0 Å². The molecule has 0 fully saturated rings. The summed E-state index contributed by atoms with van der Waals surface area (Å²) in [6.07, 6.45) is 0. The van der Waals surface area contributed by atoms with Gasteiger partial charge in [0.05, 0.1) is 5.69 Å². The number of urea groups is 1. The lowest BCUT2D eigenvalue weighted by Gasteiger charge is -2.07. The molecular weight excluding hydrogens is 330 g/mol. The van der Waals surface area contributed by atoms with Gasteiger partial charge in [-0.3, -0.25) is 14.8 Å². The van der Waals surface area contributed by atoms with E-state index in [0.717, 1.165) is 11.3 Å². The Kier molecular flexibility index (Phi) is 4.98. The van der Waals surface area contributed by atoms with Crippen LogP contribution in [-0.4, -0.2) is 21.7 Å². The molecule has 0 aliphatic heterocycles. The quantitative estimate of drug-likeness (QED) is 0.671. The maximum atomic E-state index is 12.2. The van der Waals surface area contributed by atoms with E-state index in [0.29, 0.717) is 17.2 Å². The highest BCUT2D eigenvalue weighted by Crippen LogP contribution is 2.21. The highest BCUT2D eigenvalue weighted by molar-refractivity contribution is 5.99. The standard InChI is InChI=1S/C19H19N5O2/c1-13(25)20-15-8-10-16(11-9-15)21-19(26)22-18-12-17(24(2)23-18)14-6-4-3-5-7-14/h3-12H,1-2H3,(H,20,25)(H2,21,22,23,26). The molecule has 0 saturated heterocycles. The highest BCUT2D eigenvalue weighted by atomic mass is 16.2. The normalized spacial score (nSPS) is 10.2. The summed E-state index contributed by atoms with van der Waals surface area (Å²) in [7, 11) is 1.83. The molecule has 0 aliphatic rings. The summed E-state index contributed by atoms with van der Waals surface area (Å²) >= 11 is 0. The fraction of sp³-hybridized carbons (Fsp3) is 0.105. The molecule has 3 aromatic rings. The Morgan fingerprint density at radius 3 is 2.12 bits per heavy atom. The first-order valence-electron chi connectivity index (χ1n) is 8.06. The second-order valence-electron chi connectivity index (χ2n) is 5.74. The molecule has 1 heterocycles. The van der Waals surface area contributed by atoms with Crippen LogP contribution in [0.4, 0.5) is 22.0 Å². The van der Waals surface area contributed by atoms with Gasteiger partial charge in [0.2, 0.25) is 5.91 Å². The van der Waals surface area contributed by atoms with Crippen molar-refractivity contribution in [1.82, 2.24) is 9.78 Å². The van der Waals surface area contributed by atoms with E-state index in [-0.39, 0.29) is 5.91 Å². The maximum Gasteiger partial charge on any atom is 0.324 e. The average molecular weight is 349 g/mol. The van der Waals surface area contributed by atoms with Gasteiger partial charge in [-0.15, -0.1) is 0 Å². The van der Waals surface area contributed by atoms with Crippen molar-refractivity contribution in [3.8, 4) is 11.3 Å². The number of hydrogen-bond donors (Lipinski definition) is 3. The van der Waals surface area contributed by atoms with Gasteiger partial charge in [-0.05, 0) is 29.8 Å². The van der Waals surface area contributed by atoms with Crippen LogP contribution in [0.2, 0.25) is 0 Å². The Bertz CT molecular complexity index is 917. The van der Waals surface area contributed by atoms with Crippen molar-refractivity contribution in [1.29, 1.82) is 0 Å². The number of anilines is 3. The van der Waals surface area contributed by atoms with Gasteiger partial charge in [-0.1, -0.05) is 30.3 Å². The van der Waals surface area contributed by atoms with E-state index < -0.39 is 6.03 Å². The van der Waals surface area contributed by atoms with Gasteiger partial charge < -0.3 is 10.6 Å². The number of rotatable bonds is 4. The number of aryl methyl sites for hydroxylation is 1. The van der Waals surface area contributed by atoms with E-state index >= 15 is 0 Å². The van der Waals surface area contributed by atoms with Crippen LogP contribution in [-0.2, 0) is 11.8 Å². The monoisotopic (exact) mass is 349 g/mol. The summed E-state index contributed by atoms with van der Waals surface area (Å²) in [5.74, 6) is 0.312. The molecule has 0 spiro atoms. The molecule has 0 radical (unpaired) electrons. The molecule has 0 saturated carbocycles. The van der Waals surface area contributed by atoms with Crippen LogP contribution in [0.3, 0.4) is 0 Å². The SMILES string of the molecule is CC(=O)Nc1ccc(NC(=O)Nc2cc(-c3ccccc3)n(C)n2)cc1. The molecule has 0 atom stereocenters. The van der Waals surface area contributed by atoms with E-state index in [1.165, 1.54) is 6.92 Å². The number of nitrogens with zero attached hydrogens (tertiary/aromatic N) is 2. The van der Waals surface area contributed by atoms with E-state index in [9.17, 15) is 9.59 Å². The van der Waals surface area contributed by atoms with Gasteiger partial charge in [-0.2, -0.15) is 5.10 Å². The molecule has 3 N–H and O–H groups in total. The molecule has 7 heteroatoms. The Labute approximate surface area is 151 Å². The summed E-state index contributed by atoms with van der Waals surface area (Å²) in [6, 6.07) is 18.1. The minimum absolute atomic E-state index is 0.146. The zero-order valence-corrected chi connectivity index (χ0v) is 14.5. The number of hydrogen-bond acceptors (Lipinski definition) is 3. The van der Waals surface area contributed by atoms with Crippen LogP contribution < -0.4 is 16.0 Å². The van der Waals surface area contributed by atoms with Gasteiger partial charge in [-0.25, -0.2) is 4.79 Å². The van der Waals surface area contributed by atoms with Crippen molar-refractivity contribution in [2.75, 3.05) is 16.0 Å². The second kappa shape index (κ2) is 7.52. The number of nitrogens with one attached hydrogen (secondary N) is 3. The molecular formula is C19H19N5O2. The van der Waals surface area contributed by atoms with Crippen molar-refractivity contribution >= 4 is 29.1 Å². The Morgan fingerprint density at radius 1 is 0.885 bits per heavy atom. The molecule has 132 valence electrons. The Balaban J connectivity index is 1.64. The largest absolute Gasteiger partial charge is 0.326 e. The number of aromatic nitrogens is 2. The summed E-state index contributed by atoms with van der Waals surface area (Å²) in [5.41, 5.74) is 3.20. The molecule has 3 amide bonds. The van der Waals surface area contributed by atoms with Gasteiger partial charge in [0, 0.05) is 31.4 Å². The summed E-state index contributed by atoms with van der Waals surface area (Å²) in [6.45, 7) is 1.44. The first-order chi connectivity index (χ1) is 12.5. The van der Waals surface area contributed by atoms with Crippen LogP contribution in [0.25, 0.3) is 11.3 Å². The van der Waals surface area contributed by atoms with Crippen molar-refractivity contribution in [2.24, 2.45) is 7.05 Å². The smallest absolute Gasteiger partial charge is 0.324 e. The number of carbonyl (C=O) groups is 2. The molecule has 3 rings (SSSR count). The minimum Gasteiger partial charge on any atom is -0.326 e. The van der Waals surface area contributed by atoms with Gasteiger partial charge in [0.25, 0.3) is 0 Å². The van der Waals surface area contributed by atoms with E-state index in [1.807, 2.05) is 43.4 Å². The van der Waals surface area contributed by atoms with Crippen molar-refractivity contribution in [2.45, 2.75) is 6.92 Å². The van der Waals surface area contributed by atoms with Crippen LogP contribution in [0.5, 0.6) is 0 Å². The summed E-state index contributed by atoms with van der Waals surface area (Å²) in [5, 5.41) is 12.4. The van der Waals surface area contributed by atoms with Crippen LogP contribution in [0, 0.1) is 0 Å². The molecule has 2 aromatic carbocycles. The zero-order chi connectivity index (χ0) is 18.5. The van der Waals surface area contributed by atoms with E-state index in [1.54, 1.807) is 28.9 Å². The van der Waals surface area contributed by atoms with Gasteiger partial charge in [0.15, 0.2) is 5.82 Å². The van der Waals surface area contributed by atoms with Crippen molar-refractivity contribution < 1.29 is 9.59 Å². The first-order valence-corrected chi connectivity index (χ1v) is 8.06. The molecule has 0 bridgehead atoms.